The molecule has 0 N–H and O–H groups in total. The van der Waals surface area contributed by atoms with Gasteiger partial charge in [0.05, 0.1) is 29.8 Å². The number of carbonyl (C=O) groups is 1. The van der Waals surface area contributed by atoms with Crippen molar-refractivity contribution in [3.63, 3.8) is 0 Å². The van der Waals surface area contributed by atoms with Crippen LogP contribution in [0, 0.1) is 0 Å². The summed E-state index contributed by atoms with van der Waals surface area (Å²) in [5, 5.41) is 0. The third-order valence-electron chi connectivity index (χ3n) is 7.35. The number of benzene rings is 4. The molecule has 216 valence electrons. The first-order valence-electron chi connectivity index (χ1n) is 14.0. The molecule has 42 heavy (non-hydrogen) atoms. The molecule has 0 aromatic heterocycles. The second-order valence-electron chi connectivity index (χ2n) is 10.1. The van der Waals surface area contributed by atoms with Crippen molar-refractivity contribution in [2.75, 3.05) is 44.1 Å². The fourth-order valence-corrected chi connectivity index (χ4v) is 6.47. The van der Waals surface area contributed by atoms with Crippen LogP contribution in [-0.4, -0.2) is 64.0 Å². The Balaban J connectivity index is 1.37. The topological polar surface area (TPSA) is 70.2 Å². The quantitative estimate of drug-likeness (QED) is 0.245. The van der Waals surface area contributed by atoms with Gasteiger partial charge in [-0.05, 0) is 47.5 Å². The van der Waals surface area contributed by atoms with Gasteiger partial charge in [0, 0.05) is 32.7 Å². The first kappa shape index (κ1) is 29.1. The van der Waals surface area contributed by atoms with Crippen LogP contribution < -0.4 is 9.04 Å². The molecule has 0 unspecified atom stereocenters. The lowest BCUT2D eigenvalue weighted by atomic mass is 10.1. The second-order valence-corrected chi connectivity index (χ2v) is 12.0. The van der Waals surface area contributed by atoms with Crippen molar-refractivity contribution in [1.29, 1.82) is 0 Å². The molecule has 1 amide bonds. The smallest absolute Gasteiger partial charge is 0.264 e. The zero-order valence-corrected chi connectivity index (χ0v) is 24.5. The van der Waals surface area contributed by atoms with E-state index in [9.17, 15) is 13.2 Å². The SMILES string of the molecule is COc1ccc(S(=O)(=O)N(Cc2ccccc2)c2ccccc2C(=O)N2CCN(C/C=C/c3ccccc3)CC2)cc1. The predicted octanol–water partition coefficient (Wildman–Crippen LogP) is 5.56. The van der Waals surface area contributed by atoms with Gasteiger partial charge in [0.25, 0.3) is 15.9 Å². The Hall–Kier alpha value is -4.40. The van der Waals surface area contributed by atoms with Gasteiger partial charge in [-0.1, -0.05) is 84.9 Å². The van der Waals surface area contributed by atoms with Gasteiger partial charge in [0.15, 0.2) is 0 Å². The Kier molecular flexibility index (Phi) is 9.36. The van der Waals surface area contributed by atoms with E-state index >= 15 is 0 Å². The summed E-state index contributed by atoms with van der Waals surface area (Å²) in [5.74, 6) is 0.391. The summed E-state index contributed by atoms with van der Waals surface area (Å²) in [6, 6.07) is 32.9. The normalized spacial score (nSPS) is 14.2. The minimum absolute atomic E-state index is 0.0843. The van der Waals surface area contributed by atoms with Gasteiger partial charge in [0.2, 0.25) is 0 Å². The zero-order valence-electron chi connectivity index (χ0n) is 23.7. The summed E-state index contributed by atoms with van der Waals surface area (Å²) in [6.45, 7) is 3.50. The molecule has 1 fully saturated rings. The van der Waals surface area contributed by atoms with E-state index in [-0.39, 0.29) is 17.3 Å². The van der Waals surface area contributed by atoms with Gasteiger partial charge in [0.1, 0.15) is 5.75 Å². The number of ether oxygens (including phenoxy) is 1. The number of amides is 1. The van der Waals surface area contributed by atoms with E-state index < -0.39 is 10.0 Å². The van der Waals surface area contributed by atoms with Gasteiger partial charge < -0.3 is 9.64 Å². The molecule has 1 aliphatic heterocycles. The van der Waals surface area contributed by atoms with E-state index in [1.807, 2.05) is 53.4 Å². The van der Waals surface area contributed by atoms with Crippen molar-refractivity contribution < 1.29 is 17.9 Å². The van der Waals surface area contributed by atoms with E-state index in [4.69, 9.17) is 4.74 Å². The fraction of sp³-hybridized carbons (Fsp3) is 0.206. The van der Waals surface area contributed by atoms with Crippen molar-refractivity contribution in [1.82, 2.24) is 9.80 Å². The molecular weight excluding hydrogens is 546 g/mol. The molecule has 1 saturated heterocycles. The van der Waals surface area contributed by atoms with Gasteiger partial charge in [-0.2, -0.15) is 0 Å². The highest BCUT2D eigenvalue weighted by atomic mass is 32.2. The van der Waals surface area contributed by atoms with Crippen molar-refractivity contribution in [2.45, 2.75) is 11.4 Å². The Labute approximate surface area is 248 Å². The number of methoxy groups -OCH3 is 1. The number of piperazine rings is 1. The van der Waals surface area contributed by atoms with Crippen LogP contribution >= 0.6 is 0 Å². The van der Waals surface area contributed by atoms with E-state index in [0.717, 1.165) is 30.8 Å². The molecule has 0 radical (unpaired) electrons. The van der Waals surface area contributed by atoms with Crippen molar-refractivity contribution >= 4 is 27.7 Å². The monoisotopic (exact) mass is 581 g/mol. The highest BCUT2D eigenvalue weighted by Gasteiger charge is 2.31. The first-order valence-corrected chi connectivity index (χ1v) is 15.4. The molecule has 0 bridgehead atoms. The largest absolute Gasteiger partial charge is 0.497 e. The maximum absolute atomic E-state index is 14.1. The average Bonchev–Trinajstić information content (AvgIpc) is 3.04. The Morgan fingerprint density at radius 2 is 1.43 bits per heavy atom. The molecule has 1 aliphatic rings. The lowest BCUT2D eigenvalue weighted by Crippen LogP contribution is -2.49. The molecule has 5 rings (SSSR count). The number of sulfonamides is 1. The summed E-state index contributed by atoms with van der Waals surface area (Å²) in [4.78, 5) is 18.1. The zero-order chi connectivity index (χ0) is 29.4. The van der Waals surface area contributed by atoms with Crippen molar-refractivity contribution in [3.05, 3.63) is 132 Å². The van der Waals surface area contributed by atoms with Crippen LogP contribution in [0.15, 0.2) is 120 Å². The molecule has 0 atom stereocenters. The third-order valence-corrected chi connectivity index (χ3v) is 9.13. The lowest BCUT2D eigenvalue weighted by molar-refractivity contribution is 0.0651. The average molecular weight is 582 g/mol. The minimum Gasteiger partial charge on any atom is -0.497 e. The van der Waals surface area contributed by atoms with Crippen LogP contribution in [0.4, 0.5) is 5.69 Å². The van der Waals surface area contributed by atoms with Crippen LogP contribution in [0.1, 0.15) is 21.5 Å². The molecule has 1 heterocycles. The van der Waals surface area contributed by atoms with Crippen molar-refractivity contribution in [2.24, 2.45) is 0 Å². The van der Waals surface area contributed by atoms with E-state index in [0.29, 0.717) is 30.1 Å². The molecule has 0 spiro atoms. The summed E-state index contributed by atoms with van der Waals surface area (Å²) >= 11 is 0. The van der Waals surface area contributed by atoms with Gasteiger partial charge in [-0.15, -0.1) is 0 Å². The van der Waals surface area contributed by atoms with E-state index in [1.165, 1.54) is 23.5 Å². The summed E-state index contributed by atoms with van der Waals surface area (Å²) in [6.07, 6.45) is 4.26. The predicted molar refractivity (Wildman–Crippen MR) is 167 cm³/mol. The second kappa shape index (κ2) is 13.5. The Morgan fingerprint density at radius 1 is 0.810 bits per heavy atom. The number of hydrogen-bond donors (Lipinski definition) is 0. The molecular formula is C34H35N3O4S. The molecule has 4 aromatic carbocycles. The highest BCUT2D eigenvalue weighted by molar-refractivity contribution is 7.92. The highest BCUT2D eigenvalue weighted by Crippen LogP contribution is 2.31. The molecule has 8 heteroatoms. The van der Waals surface area contributed by atoms with Crippen LogP contribution in [-0.2, 0) is 16.6 Å². The van der Waals surface area contributed by atoms with Gasteiger partial charge in [-0.25, -0.2) is 8.42 Å². The van der Waals surface area contributed by atoms with Gasteiger partial charge >= 0.3 is 0 Å². The number of hydrogen-bond acceptors (Lipinski definition) is 5. The molecule has 7 nitrogen and oxygen atoms in total. The number of para-hydroxylation sites is 1. The maximum Gasteiger partial charge on any atom is 0.264 e. The molecule has 4 aromatic rings. The number of carbonyl (C=O) groups excluding carboxylic acids is 1. The molecule has 0 aliphatic carbocycles. The summed E-state index contributed by atoms with van der Waals surface area (Å²) in [5.41, 5.74) is 2.69. The number of nitrogens with zero attached hydrogens (tertiary/aromatic N) is 3. The van der Waals surface area contributed by atoms with Crippen LogP contribution in [0.3, 0.4) is 0 Å². The number of anilines is 1. The van der Waals surface area contributed by atoms with E-state index in [1.54, 1.807) is 36.4 Å². The summed E-state index contributed by atoms with van der Waals surface area (Å²) < 4.78 is 34.7. The Morgan fingerprint density at radius 3 is 2.10 bits per heavy atom. The number of rotatable bonds is 10. The standard InChI is InChI=1S/C34H35N3O4S/c1-41-30-18-20-31(21-19-30)42(39,40)37(27-29-13-6-3-7-14-29)33-17-9-8-16-32(33)34(38)36-25-23-35(24-26-36)22-10-15-28-11-4-2-5-12-28/h2-21H,22-27H2,1H3/b15-10+. The Bertz CT molecular complexity index is 1600. The molecule has 0 saturated carbocycles. The van der Waals surface area contributed by atoms with Crippen LogP contribution in [0.5, 0.6) is 5.75 Å². The third kappa shape index (κ3) is 6.90. The van der Waals surface area contributed by atoms with Crippen LogP contribution in [0.2, 0.25) is 0 Å². The first-order chi connectivity index (χ1) is 20.5. The minimum atomic E-state index is -4.01. The van der Waals surface area contributed by atoms with Crippen molar-refractivity contribution in [3.8, 4) is 5.75 Å². The fourth-order valence-electron chi connectivity index (χ4n) is 5.00. The van der Waals surface area contributed by atoms with E-state index in [2.05, 4.69) is 29.2 Å². The van der Waals surface area contributed by atoms with Gasteiger partial charge in [-0.3, -0.25) is 14.0 Å². The lowest BCUT2D eigenvalue weighted by Gasteiger charge is -2.35. The summed E-state index contributed by atoms with van der Waals surface area (Å²) in [7, 11) is -2.48. The van der Waals surface area contributed by atoms with Crippen LogP contribution in [0.25, 0.3) is 6.08 Å². The maximum atomic E-state index is 14.1.